The molecule has 6 heteroatoms. The first kappa shape index (κ1) is 17.5. The summed E-state index contributed by atoms with van der Waals surface area (Å²) in [5.41, 5.74) is -0.277. The van der Waals surface area contributed by atoms with E-state index in [1.165, 1.54) is 42.5 Å². The number of fused-ring (bicyclic) bond motifs is 1. The van der Waals surface area contributed by atoms with Crippen molar-refractivity contribution >= 4 is 16.7 Å². The maximum Gasteiger partial charge on any atom is 0.346 e. The highest BCUT2D eigenvalue weighted by atomic mass is 19.2. The van der Waals surface area contributed by atoms with Gasteiger partial charge in [0.2, 0.25) is 0 Å². The third-order valence-electron chi connectivity index (χ3n) is 3.62. The fraction of sp³-hybridized carbons (Fsp3) is 0.0500. The van der Waals surface area contributed by atoms with Crippen molar-refractivity contribution in [3.63, 3.8) is 0 Å². The monoisotopic (exact) mass is 358 g/mol. The Bertz CT molecular complexity index is 999. The highest BCUT2D eigenvalue weighted by Gasteiger charge is 2.16. The summed E-state index contributed by atoms with van der Waals surface area (Å²) in [6.45, 7) is 3.69. The van der Waals surface area contributed by atoms with E-state index in [0.29, 0.717) is 5.39 Å². The molecule has 0 heterocycles. The first-order chi connectivity index (χ1) is 12.5. The van der Waals surface area contributed by atoms with Crippen molar-refractivity contribution in [1.29, 1.82) is 0 Å². The topological polar surface area (TPSA) is 35.5 Å². The van der Waals surface area contributed by atoms with Gasteiger partial charge in [0.05, 0.1) is 5.56 Å². The van der Waals surface area contributed by atoms with Crippen LogP contribution in [0.1, 0.15) is 10.4 Å². The molecule has 3 nitrogen and oxygen atoms in total. The van der Waals surface area contributed by atoms with Gasteiger partial charge in [0, 0.05) is 11.5 Å². The maximum absolute atomic E-state index is 14.1. The summed E-state index contributed by atoms with van der Waals surface area (Å²) in [4.78, 5) is 12.2. The van der Waals surface area contributed by atoms with Gasteiger partial charge in [0.1, 0.15) is 23.9 Å². The average Bonchev–Trinajstić information content (AvgIpc) is 2.63. The largest absolute Gasteiger partial charge is 0.489 e. The van der Waals surface area contributed by atoms with E-state index in [1.54, 1.807) is 0 Å². The van der Waals surface area contributed by atoms with Gasteiger partial charge in [0.25, 0.3) is 0 Å². The predicted molar refractivity (Wildman–Crippen MR) is 90.9 cm³/mol. The molecule has 0 spiro atoms. The lowest BCUT2D eigenvalue weighted by Crippen LogP contribution is -2.11. The fourth-order valence-corrected chi connectivity index (χ4v) is 2.38. The Kier molecular flexibility index (Phi) is 4.93. The van der Waals surface area contributed by atoms with E-state index in [9.17, 15) is 18.0 Å². The quantitative estimate of drug-likeness (QED) is 0.364. The van der Waals surface area contributed by atoms with Crippen LogP contribution >= 0.6 is 0 Å². The second kappa shape index (κ2) is 7.31. The normalized spacial score (nSPS) is 10.6. The van der Waals surface area contributed by atoms with Gasteiger partial charge in [-0.3, -0.25) is 0 Å². The van der Waals surface area contributed by atoms with Crippen molar-refractivity contribution < 1.29 is 27.4 Å². The van der Waals surface area contributed by atoms with Crippen molar-refractivity contribution in [1.82, 2.24) is 0 Å². The minimum atomic E-state index is -0.985. The molecule has 0 N–H and O–H groups in total. The summed E-state index contributed by atoms with van der Waals surface area (Å²) in [6.07, 6.45) is 1.51. The van der Waals surface area contributed by atoms with Crippen LogP contribution in [-0.4, -0.2) is 12.6 Å². The molecule has 3 rings (SSSR count). The molecule has 0 amide bonds. The zero-order chi connectivity index (χ0) is 18.7. The Morgan fingerprint density at radius 3 is 2.46 bits per heavy atom. The summed E-state index contributed by atoms with van der Waals surface area (Å²) < 4.78 is 51.3. The van der Waals surface area contributed by atoms with Gasteiger partial charge < -0.3 is 9.47 Å². The summed E-state index contributed by atoms with van der Waals surface area (Å²) in [7, 11) is 0. The van der Waals surface area contributed by atoms with Crippen LogP contribution in [0.25, 0.3) is 10.8 Å². The molecule has 0 saturated carbocycles. The van der Waals surface area contributed by atoms with Crippen LogP contribution in [0.3, 0.4) is 0 Å². The highest BCUT2D eigenvalue weighted by molar-refractivity contribution is 5.92. The molecule has 3 aromatic carbocycles. The highest BCUT2D eigenvalue weighted by Crippen LogP contribution is 2.26. The van der Waals surface area contributed by atoms with Gasteiger partial charge in [-0.2, -0.15) is 0 Å². The first-order valence-electron chi connectivity index (χ1n) is 7.63. The molecule has 0 aromatic heterocycles. The zero-order valence-corrected chi connectivity index (χ0v) is 13.5. The molecule has 0 aliphatic carbocycles. The van der Waals surface area contributed by atoms with E-state index >= 15 is 0 Å². The summed E-state index contributed by atoms with van der Waals surface area (Å²) in [5.74, 6) is -3.34. The fourth-order valence-electron chi connectivity index (χ4n) is 2.38. The predicted octanol–water partition coefficient (Wildman–Crippen LogP) is 5.04. The Balaban J connectivity index is 1.82. The Labute approximate surface area is 147 Å². The van der Waals surface area contributed by atoms with Crippen LogP contribution in [-0.2, 0) is 0 Å². The first-order valence-corrected chi connectivity index (χ1v) is 7.63. The van der Waals surface area contributed by atoms with Gasteiger partial charge >= 0.3 is 5.97 Å². The molecule has 0 bridgehead atoms. The summed E-state index contributed by atoms with van der Waals surface area (Å²) in [6, 6.07) is 10.0. The third kappa shape index (κ3) is 3.54. The van der Waals surface area contributed by atoms with Crippen molar-refractivity contribution in [3.05, 3.63) is 84.2 Å². The molecule has 0 aliphatic heterocycles. The molecular formula is C20H13F3O3. The van der Waals surface area contributed by atoms with Crippen molar-refractivity contribution in [3.8, 4) is 11.5 Å². The van der Waals surface area contributed by atoms with Crippen LogP contribution in [0, 0.1) is 17.5 Å². The van der Waals surface area contributed by atoms with E-state index < -0.39 is 23.4 Å². The number of carbonyl (C=O) groups excluding carboxylic acids is 1. The zero-order valence-electron chi connectivity index (χ0n) is 13.5. The third-order valence-corrected chi connectivity index (χ3v) is 3.62. The van der Waals surface area contributed by atoms with Gasteiger partial charge in [-0.25, -0.2) is 18.0 Å². The molecule has 0 saturated heterocycles. The standard InChI is InChI=1S/C20H13F3O3/c1-2-9-25-13-4-7-16(18(22)11-13)20(24)26-14-5-6-15-12(10-14)3-8-17(21)19(15)23/h2-8,10-11H,1,9H2. The van der Waals surface area contributed by atoms with Crippen LogP contribution in [0.15, 0.2) is 61.2 Å². The van der Waals surface area contributed by atoms with E-state index in [0.717, 1.165) is 12.1 Å². The minimum Gasteiger partial charge on any atom is -0.489 e. The molecule has 0 radical (unpaired) electrons. The summed E-state index contributed by atoms with van der Waals surface area (Å²) >= 11 is 0. The van der Waals surface area contributed by atoms with Crippen molar-refractivity contribution in [2.45, 2.75) is 0 Å². The second-order valence-corrected chi connectivity index (χ2v) is 5.38. The lowest BCUT2D eigenvalue weighted by Gasteiger charge is -2.08. The Morgan fingerprint density at radius 2 is 1.73 bits per heavy atom. The Morgan fingerprint density at radius 1 is 0.962 bits per heavy atom. The molecule has 26 heavy (non-hydrogen) atoms. The van der Waals surface area contributed by atoms with E-state index in [-0.39, 0.29) is 29.1 Å². The summed E-state index contributed by atoms with van der Waals surface area (Å²) in [5, 5.41) is 0.405. The van der Waals surface area contributed by atoms with E-state index in [4.69, 9.17) is 9.47 Å². The van der Waals surface area contributed by atoms with Crippen LogP contribution < -0.4 is 9.47 Å². The smallest absolute Gasteiger partial charge is 0.346 e. The number of carbonyl (C=O) groups is 1. The van der Waals surface area contributed by atoms with Gasteiger partial charge in [-0.1, -0.05) is 18.7 Å². The lowest BCUT2D eigenvalue weighted by molar-refractivity contribution is 0.0730. The number of ether oxygens (including phenoxy) is 2. The van der Waals surface area contributed by atoms with Gasteiger partial charge in [-0.05, 0) is 41.8 Å². The second-order valence-electron chi connectivity index (χ2n) is 5.38. The average molecular weight is 358 g/mol. The molecular weight excluding hydrogens is 345 g/mol. The van der Waals surface area contributed by atoms with Crippen LogP contribution in [0.2, 0.25) is 0 Å². The number of rotatable bonds is 5. The van der Waals surface area contributed by atoms with Crippen molar-refractivity contribution in [2.24, 2.45) is 0 Å². The molecule has 132 valence electrons. The molecule has 0 aliphatic rings. The number of hydrogen-bond donors (Lipinski definition) is 0. The number of hydrogen-bond acceptors (Lipinski definition) is 3. The molecule has 0 atom stereocenters. The number of benzene rings is 3. The lowest BCUT2D eigenvalue weighted by atomic mass is 10.1. The number of esters is 1. The van der Waals surface area contributed by atoms with Gasteiger partial charge in [-0.15, -0.1) is 0 Å². The van der Waals surface area contributed by atoms with E-state index in [2.05, 4.69) is 6.58 Å². The van der Waals surface area contributed by atoms with Crippen LogP contribution in [0.4, 0.5) is 13.2 Å². The molecule has 0 fully saturated rings. The molecule has 0 unspecified atom stereocenters. The van der Waals surface area contributed by atoms with Gasteiger partial charge in [0.15, 0.2) is 11.6 Å². The van der Waals surface area contributed by atoms with E-state index in [1.807, 2.05) is 0 Å². The molecule has 3 aromatic rings. The maximum atomic E-state index is 14.1. The SMILES string of the molecule is C=CCOc1ccc(C(=O)Oc2ccc3c(F)c(F)ccc3c2)c(F)c1. The minimum absolute atomic E-state index is 0.0553. The Hall–Kier alpha value is -3.28. The van der Waals surface area contributed by atoms with Crippen molar-refractivity contribution in [2.75, 3.05) is 6.61 Å². The number of halogens is 3. The van der Waals surface area contributed by atoms with Crippen LogP contribution in [0.5, 0.6) is 11.5 Å².